The van der Waals surface area contributed by atoms with Crippen molar-refractivity contribution in [2.75, 3.05) is 0 Å². The molecule has 13 heavy (non-hydrogen) atoms. The van der Waals surface area contributed by atoms with Crippen molar-refractivity contribution >= 4 is 10.8 Å². The summed E-state index contributed by atoms with van der Waals surface area (Å²) >= 11 is 0. The second-order valence-corrected chi connectivity index (χ2v) is 3.01. The zero-order valence-corrected chi connectivity index (χ0v) is 7.49. The summed E-state index contributed by atoms with van der Waals surface area (Å²) in [7, 11) is 0. The van der Waals surface area contributed by atoms with Gasteiger partial charge in [0.25, 0.3) is 0 Å². The topological polar surface area (TPSA) is 51.8 Å². The Morgan fingerprint density at radius 3 is 2.92 bits per heavy atom. The Morgan fingerprint density at radius 1 is 1.31 bits per heavy atom. The number of fused-ring (bicyclic) bond motifs is 1. The highest BCUT2D eigenvalue weighted by molar-refractivity contribution is 5.86. The van der Waals surface area contributed by atoms with Crippen LogP contribution in [0, 0.1) is 6.92 Å². The first-order valence-electron chi connectivity index (χ1n) is 4.23. The summed E-state index contributed by atoms with van der Waals surface area (Å²) in [6.07, 6.45) is 1.77. The molecule has 1 heterocycles. The minimum atomic E-state index is 0.544. The Bertz CT molecular complexity index is 437. The van der Waals surface area contributed by atoms with E-state index in [1.807, 2.05) is 25.1 Å². The smallest absolute Gasteiger partial charge is 0.0678 e. The minimum Gasteiger partial charge on any atom is -0.326 e. The molecule has 1 aromatic carbocycles. The van der Waals surface area contributed by atoms with Gasteiger partial charge in [0.1, 0.15) is 0 Å². The first-order valence-corrected chi connectivity index (χ1v) is 4.23. The predicted molar refractivity (Wildman–Crippen MR) is 52.2 cm³/mol. The zero-order valence-electron chi connectivity index (χ0n) is 7.49. The molecule has 2 rings (SSSR count). The fraction of sp³-hybridized carbons (Fsp3) is 0.200. The average molecular weight is 173 g/mol. The van der Waals surface area contributed by atoms with E-state index < -0.39 is 0 Å². The van der Waals surface area contributed by atoms with Crippen LogP contribution in [0.4, 0.5) is 0 Å². The molecule has 2 aromatic rings. The van der Waals surface area contributed by atoms with Crippen LogP contribution >= 0.6 is 0 Å². The number of aromatic nitrogens is 2. The molecule has 3 nitrogen and oxygen atoms in total. The lowest BCUT2D eigenvalue weighted by atomic mass is 10.1. The molecule has 0 amide bonds. The summed E-state index contributed by atoms with van der Waals surface area (Å²) in [6.45, 7) is 2.50. The molecule has 1 aromatic heterocycles. The number of nitrogens with two attached hydrogens (primary N) is 1. The normalized spacial score (nSPS) is 10.6. The predicted octanol–water partition coefficient (Wildman–Crippen LogP) is 1.40. The van der Waals surface area contributed by atoms with Gasteiger partial charge < -0.3 is 5.73 Å². The summed E-state index contributed by atoms with van der Waals surface area (Å²) in [5.41, 5.74) is 7.69. The van der Waals surface area contributed by atoms with Crippen molar-refractivity contribution < 1.29 is 0 Å². The van der Waals surface area contributed by atoms with Crippen molar-refractivity contribution in [3.8, 4) is 0 Å². The number of rotatable bonds is 1. The molecule has 0 aliphatic carbocycles. The first-order chi connectivity index (χ1) is 6.33. The van der Waals surface area contributed by atoms with E-state index in [2.05, 4.69) is 10.2 Å². The minimum absolute atomic E-state index is 0.544. The number of hydrogen-bond donors (Lipinski definition) is 1. The van der Waals surface area contributed by atoms with Crippen molar-refractivity contribution in [2.24, 2.45) is 5.73 Å². The summed E-state index contributed by atoms with van der Waals surface area (Å²) in [4.78, 5) is 0. The van der Waals surface area contributed by atoms with E-state index in [1.54, 1.807) is 6.20 Å². The Morgan fingerprint density at radius 2 is 2.15 bits per heavy atom. The monoisotopic (exact) mass is 173 g/mol. The highest BCUT2D eigenvalue weighted by Gasteiger charge is 2.01. The summed E-state index contributed by atoms with van der Waals surface area (Å²) in [5.74, 6) is 0. The van der Waals surface area contributed by atoms with Crippen LogP contribution < -0.4 is 5.73 Å². The number of benzene rings is 1. The van der Waals surface area contributed by atoms with Gasteiger partial charge in [-0.3, -0.25) is 0 Å². The molecule has 0 unspecified atom stereocenters. The van der Waals surface area contributed by atoms with Crippen LogP contribution in [0.5, 0.6) is 0 Å². The summed E-state index contributed by atoms with van der Waals surface area (Å²) in [5, 5.41) is 10.2. The van der Waals surface area contributed by atoms with Crippen molar-refractivity contribution in [1.82, 2.24) is 10.2 Å². The number of hydrogen-bond acceptors (Lipinski definition) is 3. The van der Waals surface area contributed by atoms with Gasteiger partial charge in [0.2, 0.25) is 0 Å². The molecule has 0 saturated heterocycles. The molecular formula is C10H11N3. The standard InChI is InChI=1S/C10H11N3/c1-7-9-4-2-3-8(5-11)10(9)6-12-13-7/h2-4,6H,5,11H2,1H3. The maximum atomic E-state index is 5.62. The molecule has 0 fully saturated rings. The van der Waals surface area contributed by atoms with Crippen molar-refractivity contribution in [1.29, 1.82) is 0 Å². The van der Waals surface area contributed by atoms with Gasteiger partial charge in [-0.15, -0.1) is 0 Å². The Hall–Kier alpha value is -1.48. The van der Waals surface area contributed by atoms with Gasteiger partial charge in [-0.25, -0.2) is 0 Å². The molecule has 0 aliphatic rings. The van der Waals surface area contributed by atoms with Crippen LogP contribution in [-0.2, 0) is 6.54 Å². The van der Waals surface area contributed by atoms with Crippen LogP contribution in [0.1, 0.15) is 11.3 Å². The molecule has 0 bridgehead atoms. The lowest BCUT2D eigenvalue weighted by molar-refractivity contribution is 0.995. The van der Waals surface area contributed by atoms with Gasteiger partial charge >= 0.3 is 0 Å². The second-order valence-electron chi connectivity index (χ2n) is 3.01. The average Bonchev–Trinajstić information content (AvgIpc) is 2.18. The quantitative estimate of drug-likeness (QED) is 0.709. The van der Waals surface area contributed by atoms with E-state index in [-0.39, 0.29) is 0 Å². The molecule has 0 saturated carbocycles. The lowest BCUT2D eigenvalue weighted by Crippen LogP contribution is -1.98. The zero-order chi connectivity index (χ0) is 9.26. The lowest BCUT2D eigenvalue weighted by Gasteiger charge is -2.03. The third kappa shape index (κ3) is 1.27. The van der Waals surface area contributed by atoms with E-state index >= 15 is 0 Å². The second kappa shape index (κ2) is 3.11. The van der Waals surface area contributed by atoms with Crippen molar-refractivity contribution in [3.63, 3.8) is 0 Å². The van der Waals surface area contributed by atoms with E-state index in [1.165, 1.54) is 0 Å². The van der Waals surface area contributed by atoms with Crippen LogP contribution in [-0.4, -0.2) is 10.2 Å². The molecule has 2 N–H and O–H groups in total. The molecule has 0 spiro atoms. The number of aryl methyl sites for hydroxylation is 1. The van der Waals surface area contributed by atoms with Crippen LogP contribution in [0.15, 0.2) is 24.4 Å². The molecule has 0 aliphatic heterocycles. The Balaban J connectivity index is 2.84. The molecule has 0 radical (unpaired) electrons. The van der Waals surface area contributed by atoms with Gasteiger partial charge in [0.05, 0.1) is 11.9 Å². The van der Waals surface area contributed by atoms with Gasteiger partial charge in [0, 0.05) is 17.3 Å². The highest BCUT2D eigenvalue weighted by Crippen LogP contribution is 2.18. The fourth-order valence-corrected chi connectivity index (χ4v) is 1.49. The maximum absolute atomic E-state index is 5.62. The SMILES string of the molecule is Cc1nncc2c(CN)cccc12. The van der Waals surface area contributed by atoms with Gasteiger partial charge in [-0.1, -0.05) is 18.2 Å². The van der Waals surface area contributed by atoms with E-state index in [0.717, 1.165) is 22.0 Å². The number of nitrogens with zero attached hydrogens (tertiary/aromatic N) is 2. The third-order valence-corrected chi connectivity index (χ3v) is 2.20. The summed E-state index contributed by atoms with van der Waals surface area (Å²) in [6, 6.07) is 6.06. The van der Waals surface area contributed by atoms with Gasteiger partial charge in [-0.2, -0.15) is 10.2 Å². The van der Waals surface area contributed by atoms with Gasteiger partial charge in [-0.05, 0) is 12.5 Å². The van der Waals surface area contributed by atoms with Crippen LogP contribution in [0.3, 0.4) is 0 Å². The largest absolute Gasteiger partial charge is 0.326 e. The van der Waals surface area contributed by atoms with Crippen LogP contribution in [0.2, 0.25) is 0 Å². The molecular weight excluding hydrogens is 162 g/mol. The highest BCUT2D eigenvalue weighted by atomic mass is 15.1. The summed E-state index contributed by atoms with van der Waals surface area (Å²) < 4.78 is 0. The van der Waals surface area contributed by atoms with E-state index in [0.29, 0.717) is 6.54 Å². The van der Waals surface area contributed by atoms with Gasteiger partial charge in [0.15, 0.2) is 0 Å². The molecule has 3 heteroatoms. The van der Waals surface area contributed by atoms with E-state index in [9.17, 15) is 0 Å². The molecule has 0 atom stereocenters. The Labute approximate surface area is 76.6 Å². The van der Waals surface area contributed by atoms with Crippen molar-refractivity contribution in [3.05, 3.63) is 35.7 Å². The maximum Gasteiger partial charge on any atom is 0.0678 e. The van der Waals surface area contributed by atoms with Crippen LogP contribution in [0.25, 0.3) is 10.8 Å². The van der Waals surface area contributed by atoms with Crippen molar-refractivity contribution in [2.45, 2.75) is 13.5 Å². The Kier molecular flexibility index (Phi) is 1.94. The van der Waals surface area contributed by atoms with E-state index in [4.69, 9.17) is 5.73 Å². The first kappa shape index (κ1) is 8.13. The fourth-order valence-electron chi connectivity index (χ4n) is 1.49. The molecule has 66 valence electrons. The third-order valence-electron chi connectivity index (χ3n) is 2.20.